The van der Waals surface area contributed by atoms with Crippen molar-refractivity contribution in [1.29, 1.82) is 0 Å². The first-order chi connectivity index (χ1) is 11.8. The van der Waals surface area contributed by atoms with Gasteiger partial charge < -0.3 is 4.74 Å². The van der Waals surface area contributed by atoms with Crippen molar-refractivity contribution < 1.29 is 35.9 Å². The SMILES string of the molecule is C=C(C)C(=O)OC1CCCC2C1CCCC2C(C)(C(F)(F)F)C(F)(F)F. The maximum atomic E-state index is 13.5. The first kappa shape index (κ1) is 21.1. The van der Waals surface area contributed by atoms with Gasteiger partial charge in [0.15, 0.2) is 5.41 Å². The largest absolute Gasteiger partial charge is 0.459 e. The molecule has 2 fully saturated rings. The highest BCUT2D eigenvalue weighted by atomic mass is 19.4. The Morgan fingerprint density at radius 1 is 0.923 bits per heavy atom. The van der Waals surface area contributed by atoms with E-state index in [0.29, 0.717) is 19.3 Å². The van der Waals surface area contributed by atoms with Crippen LogP contribution in [-0.2, 0) is 9.53 Å². The summed E-state index contributed by atoms with van der Waals surface area (Å²) < 4.78 is 86.6. The molecule has 0 N–H and O–H groups in total. The zero-order chi connectivity index (χ0) is 19.9. The maximum absolute atomic E-state index is 13.5. The molecule has 2 aliphatic rings. The van der Waals surface area contributed by atoms with Crippen LogP contribution >= 0.6 is 0 Å². The van der Waals surface area contributed by atoms with E-state index in [0.717, 1.165) is 0 Å². The lowest BCUT2D eigenvalue weighted by Crippen LogP contribution is -2.58. The van der Waals surface area contributed by atoms with Gasteiger partial charge in [0.25, 0.3) is 0 Å². The lowest BCUT2D eigenvalue weighted by molar-refractivity contribution is -0.361. The quantitative estimate of drug-likeness (QED) is 0.347. The van der Waals surface area contributed by atoms with Gasteiger partial charge in [0.05, 0.1) is 0 Å². The van der Waals surface area contributed by atoms with Gasteiger partial charge in [0.2, 0.25) is 0 Å². The van der Waals surface area contributed by atoms with Crippen LogP contribution < -0.4 is 0 Å². The van der Waals surface area contributed by atoms with Crippen LogP contribution in [0.15, 0.2) is 12.2 Å². The van der Waals surface area contributed by atoms with Crippen molar-refractivity contribution in [2.75, 3.05) is 0 Å². The number of alkyl halides is 6. The third-order valence-corrected chi connectivity index (χ3v) is 6.15. The molecule has 0 saturated heterocycles. The third-order valence-electron chi connectivity index (χ3n) is 6.15. The zero-order valence-electron chi connectivity index (χ0n) is 14.8. The van der Waals surface area contributed by atoms with E-state index in [-0.39, 0.29) is 31.8 Å². The average Bonchev–Trinajstić information content (AvgIpc) is 2.51. The molecule has 2 nitrogen and oxygen atoms in total. The molecule has 0 spiro atoms. The van der Waals surface area contributed by atoms with Crippen LogP contribution in [0.1, 0.15) is 52.4 Å². The van der Waals surface area contributed by atoms with Crippen LogP contribution in [0.4, 0.5) is 26.3 Å². The Kier molecular flexibility index (Phi) is 5.74. The molecule has 0 aromatic rings. The van der Waals surface area contributed by atoms with E-state index in [1.165, 1.54) is 6.92 Å². The van der Waals surface area contributed by atoms with Crippen LogP contribution in [0.3, 0.4) is 0 Å². The Morgan fingerprint density at radius 3 is 1.92 bits per heavy atom. The normalized spacial score (nSPS) is 30.5. The first-order valence-corrected chi connectivity index (χ1v) is 8.80. The van der Waals surface area contributed by atoms with Gasteiger partial charge in [-0.3, -0.25) is 0 Å². The number of halogens is 6. The van der Waals surface area contributed by atoms with Crippen molar-refractivity contribution >= 4 is 5.97 Å². The summed E-state index contributed by atoms with van der Waals surface area (Å²) in [6.45, 7) is 5.21. The highest BCUT2D eigenvalue weighted by molar-refractivity contribution is 5.87. The predicted molar refractivity (Wildman–Crippen MR) is 83.1 cm³/mol. The Bertz CT molecular complexity index is 537. The summed E-state index contributed by atoms with van der Waals surface area (Å²) in [7, 11) is 0. The molecule has 0 aliphatic heterocycles. The summed E-state index contributed by atoms with van der Waals surface area (Å²) in [5.74, 6) is -3.46. The van der Waals surface area contributed by atoms with Gasteiger partial charge in [-0.1, -0.05) is 13.0 Å². The monoisotopic (exact) mass is 386 g/mol. The topological polar surface area (TPSA) is 26.3 Å². The molecule has 150 valence electrons. The second kappa shape index (κ2) is 7.08. The Hall–Kier alpha value is -1.21. The van der Waals surface area contributed by atoms with Crippen LogP contribution in [0.2, 0.25) is 0 Å². The van der Waals surface area contributed by atoms with Crippen molar-refractivity contribution in [1.82, 2.24) is 0 Å². The molecule has 2 aliphatic carbocycles. The molecule has 0 bridgehead atoms. The van der Waals surface area contributed by atoms with Gasteiger partial charge >= 0.3 is 18.3 Å². The minimum Gasteiger partial charge on any atom is -0.459 e. The Labute approximate surface area is 149 Å². The van der Waals surface area contributed by atoms with E-state index >= 15 is 0 Å². The zero-order valence-corrected chi connectivity index (χ0v) is 14.8. The predicted octanol–water partition coefficient (Wildman–Crippen LogP) is 5.82. The number of fused-ring (bicyclic) bond motifs is 1. The molecule has 2 saturated carbocycles. The summed E-state index contributed by atoms with van der Waals surface area (Å²) in [5, 5.41) is 0. The number of carbonyl (C=O) groups is 1. The molecule has 4 atom stereocenters. The van der Waals surface area contributed by atoms with Gasteiger partial charge in [-0.05, 0) is 63.7 Å². The van der Waals surface area contributed by atoms with Crippen molar-refractivity contribution in [3.05, 3.63) is 12.2 Å². The van der Waals surface area contributed by atoms with E-state index in [9.17, 15) is 31.1 Å². The molecular weight excluding hydrogens is 362 g/mol. The summed E-state index contributed by atoms with van der Waals surface area (Å²) in [6.07, 6.45) is -9.63. The van der Waals surface area contributed by atoms with Crippen molar-refractivity contribution in [2.45, 2.75) is 70.8 Å². The maximum Gasteiger partial charge on any atom is 0.403 e. The molecule has 2 rings (SSSR count). The standard InChI is InChI=1S/C18H24F6O2/c1-10(2)15(25)26-14-9-5-6-11-12(14)7-4-8-13(11)16(3,17(19,20)21)18(22,23)24/h11-14H,1,4-9H2,2-3H3. The van der Waals surface area contributed by atoms with E-state index in [2.05, 4.69) is 6.58 Å². The highest BCUT2D eigenvalue weighted by Gasteiger charge is 2.72. The van der Waals surface area contributed by atoms with Crippen molar-refractivity contribution in [3.63, 3.8) is 0 Å². The van der Waals surface area contributed by atoms with E-state index < -0.39 is 47.6 Å². The molecule has 8 heteroatoms. The molecule has 4 unspecified atom stereocenters. The summed E-state index contributed by atoms with van der Waals surface area (Å²) in [6, 6.07) is 0. The second-order valence-corrected chi connectivity index (χ2v) is 7.72. The molecule has 0 heterocycles. The molecular formula is C18H24F6O2. The van der Waals surface area contributed by atoms with Gasteiger partial charge in [-0.2, -0.15) is 26.3 Å². The fourth-order valence-corrected chi connectivity index (χ4v) is 4.63. The Morgan fingerprint density at radius 2 is 1.42 bits per heavy atom. The van der Waals surface area contributed by atoms with Crippen LogP contribution in [0.25, 0.3) is 0 Å². The summed E-state index contributed by atoms with van der Waals surface area (Å²) >= 11 is 0. The van der Waals surface area contributed by atoms with Crippen molar-refractivity contribution in [3.8, 4) is 0 Å². The molecule has 0 aromatic heterocycles. The average molecular weight is 386 g/mol. The summed E-state index contributed by atoms with van der Waals surface area (Å²) in [5.41, 5.74) is -3.60. The minimum atomic E-state index is -5.39. The van der Waals surface area contributed by atoms with Crippen LogP contribution in [-0.4, -0.2) is 24.4 Å². The molecule has 0 aromatic carbocycles. The molecule has 0 radical (unpaired) electrons. The van der Waals surface area contributed by atoms with Crippen LogP contribution in [0, 0.1) is 23.2 Å². The Balaban J connectivity index is 2.34. The lowest BCUT2D eigenvalue weighted by Gasteiger charge is -2.51. The smallest absolute Gasteiger partial charge is 0.403 e. The fraction of sp³-hybridized carbons (Fsp3) is 0.833. The second-order valence-electron chi connectivity index (χ2n) is 7.72. The van der Waals surface area contributed by atoms with Gasteiger partial charge in [-0.15, -0.1) is 0 Å². The first-order valence-electron chi connectivity index (χ1n) is 8.80. The minimum absolute atomic E-state index is 0.127. The summed E-state index contributed by atoms with van der Waals surface area (Å²) in [4.78, 5) is 11.8. The van der Waals surface area contributed by atoms with Crippen molar-refractivity contribution in [2.24, 2.45) is 23.2 Å². The van der Waals surface area contributed by atoms with Gasteiger partial charge in [-0.25, -0.2) is 4.79 Å². The van der Waals surface area contributed by atoms with E-state index in [1.54, 1.807) is 0 Å². The highest BCUT2D eigenvalue weighted by Crippen LogP contribution is 2.62. The fourth-order valence-electron chi connectivity index (χ4n) is 4.63. The lowest BCUT2D eigenvalue weighted by atomic mass is 9.56. The van der Waals surface area contributed by atoms with E-state index in [4.69, 9.17) is 4.74 Å². The number of rotatable bonds is 3. The van der Waals surface area contributed by atoms with Gasteiger partial charge in [0, 0.05) is 5.57 Å². The van der Waals surface area contributed by atoms with Gasteiger partial charge in [0.1, 0.15) is 6.10 Å². The number of esters is 1. The number of carbonyl (C=O) groups excluding carboxylic acids is 1. The van der Waals surface area contributed by atoms with Crippen LogP contribution in [0.5, 0.6) is 0 Å². The molecule has 0 amide bonds. The number of hydrogen-bond donors (Lipinski definition) is 0. The number of hydrogen-bond acceptors (Lipinski definition) is 2. The third kappa shape index (κ3) is 3.60. The molecule has 26 heavy (non-hydrogen) atoms. The number of ether oxygens (including phenoxy) is 1. The van der Waals surface area contributed by atoms with E-state index in [1.807, 2.05) is 0 Å².